The first-order valence-electron chi connectivity index (χ1n) is 4.95. The molecule has 2 N–H and O–H groups in total. The molecule has 17 heavy (non-hydrogen) atoms. The molecule has 0 saturated heterocycles. The van der Waals surface area contributed by atoms with Crippen LogP contribution in [0.1, 0.15) is 6.42 Å². The highest BCUT2D eigenvalue weighted by molar-refractivity contribution is 8.00. The Kier molecular flexibility index (Phi) is 5.86. The number of hydrogen-bond acceptors (Lipinski definition) is 3. The first-order chi connectivity index (χ1) is 8.08. The van der Waals surface area contributed by atoms with Crippen molar-refractivity contribution in [2.75, 3.05) is 12.3 Å². The van der Waals surface area contributed by atoms with E-state index in [1.54, 1.807) is 12.1 Å². The highest BCUT2D eigenvalue weighted by Crippen LogP contribution is 2.19. The summed E-state index contributed by atoms with van der Waals surface area (Å²) in [6.45, 7) is 0.162. The first-order valence-corrected chi connectivity index (χ1v) is 6.31. The third-order valence-electron chi connectivity index (χ3n) is 1.84. The van der Waals surface area contributed by atoms with E-state index >= 15 is 0 Å². The third kappa shape index (κ3) is 6.19. The number of carboxylic acid groups (broad SMARTS) is 1. The zero-order valence-corrected chi connectivity index (χ0v) is 10.6. The number of carbonyl (C=O) groups excluding carboxylic acids is 1. The molecule has 4 nitrogen and oxygen atoms in total. The van der Waals surface area contributed by atoms with Crippen LogP contribution in [0.3, 0.4) is 0 Å². The van der Waals surface area contributed by atoms with E-state index in [-0.39, 0.29) is 24.6 Å². The molecule has 0 unspecified atom stereocenters. The summed E-state index contributed by atoms with van der Waals surface area (Å²) < 4.78 is 0. The van der Waals surface area contributed by atoms with Gasteiger partial charge in [0.1, 0.15) is 0 Å². The highest BCUT2D eigenvalue weighted by atomic mass is 35.5. The molecule has 0 spiro atoms. The van der Waals surface area contributed by atoms with Crippen molar-refractivity contribution in [1.29, 1.82) is 0 Å². The molecule has 0 bridgehead atoms. The van der Waals surface area contributed by atoms with Gasteiger partial charge in [-0.1, -0.05) is 11.6 Å². The van der Waals surface area contributed by atoms with Gasteiger partial charge in [0.2, 0.25) is 5.91 Å². The van der Waals surface area contributed by atoms with Crippen LogP contribution in [0.4, 0.5) is 0 Å². The van der Waals surface area contributed by atoms with Gasteiger partial charge in [0, 0.05) is 16.5 Å². The van der Waals surface area contributed by atoms with Crippen LogP contribution < -0.4 is 5.32 Å². The van der Waals surface area contributed by atoms with Crippen molar-refractivity contribution in [2.45, 2.75) is 11.3 Å². The maximum atomic E-state index is 11.3. The normalized spacial score (nSPS) is 9.94. The average molecular weight is 274 g/mol. The molecular weight excluding hydrogens is 262 g/mol. The number of rotatable bonds is 6. The molecule has 1 amide bonds. The second-order valence-electron chi connectivity index (χ2n) is 3.24. The van der Waals surface area contributed by atoms with Gasteiger partial charge in [0.25, 0.3) is 0 Å². The lowest BCUT2D eigenvalue weighted by Gasteiger charge is -2.03. The lowest BCUT2D eigenvalue weighted by molar-refractivity contribution is -0.136. The molecule has 1 aromatic carbocycles. The quantitative estimate of drug-likeness (QED) is 0.778. The highest BCUT2D eigenvalue weighted by Gasteiger charge is 2.03. The summed E-state index contributed by atoms with van der Waals surface area (Å²) in [6.07, 6.45) is -0.0582. The van der Waals surface area contributed by atoms with Gasteiger partial charge < -0.3 is 10.4 Å². The molecule has 6 heteroatoms. The van der Waals surface area contributed by atoms with Crippen LogP contribution in [0.15, 0.2) is 29.2 Å². The number of amides is 1. The summed E-state index contributed by atoms with van der Waals surface area (Å²) in [7, 11) is 0. The molecule has 0 aromatic heterocycles. The third-order valence-corrected chi connectivity index (χ3v) is 3.11. The van der Waals surface area contributed by atoms with Crippen molar-refractivity contribution in [2.24, 2.45) is 0 Å². The topological polar surface area (TPSA) is 66.4 Å². The van der Waals surface area contributed by atoms with E-state index in [1.807, 2.05) is 12.1 Å². The van der Waals surface area contributed by atoms with Gasteiger partial charge in [-0.25, -0.2) is 0 Å². The number of nitrogens with one attached hydrogen (secondary N) is 1. The van der Waals surface area contributed by atoms with E-state index in [1.165, 1.54) is 11.8 Å². The van der Waals surface area contributed by atoms with E-state index in [0.717, 1.165) is 4.90 Å². The molecule has 0 atom stereocenters. The molecule has 0 fully saturated rings. The van der Waals surface area contributed by atoms with Gasteiger partial charge in [-0.05, 0) is 24.3 Å². The molecule has 0 aliphatic rings. The first kappa shape index (κ1) is 13.9. The lowest BCUT2D eigenvalue weighted by Crippen LogP contribution is -2.27. The summed E-state index contributed by atoms with van der Waals surface area (Å²) >= 11 is 7.11. The Bertz CT molecular complexity index is 394. The number of halogens is 1. The fourth-order valence-electron chi connectivity index (χ4n) is 1.04. The Morgan fingerprint density at radius 2 is 1.94 bits per heavy atom. The van der Waals surface area contributed by atoms with Crippen molar-refractivity contribution in [1.82, 2.24) is 5.32 Å². The number of hydrogen-bond donors (Lipinski definition) is 2. The second-order valence-corrected chi connectivity index (χ2v) is 4.72. The van der Waals surface area contributed by atoms with Gasteiger partial charge in [0.15, 0.2) is 0 Å². The second kappa shape index (κ2) is 7.19. The Morgan fingerprint density at radius 3 is 2.53 bits per heavy atom. The van der Waals surface area contributed by atoms with Crippen LogP contribution in [0.25, 0.3) is 0 Å². The maximum Gasteiger partial charge on any atom is 0.305 e. The summed E-state index contributed by atoms with van der Waals surface area (Å²) in [5.41, 5.74) is 0. The molecule has 0 aliphatic heterocycles. The standard InChI is InChI=1S/C11H12ClNO3S/c12-8-1-3-9(4-2-8)17-7-10(14)13-6-5-11(15)16/h1-4H,5-7H2,(H,13,14)(H,15,16). The zero-order valence-electron chi connectivity index (χ0n) is 8.98. The van der Waals surface area contributed by atoms with Crippen LogP contribution >= 0.6 is 23.4 Å². The maximum absolute atomic E-state index is 11.3. The predicted octanol–water partition coefficient (Wildman–Crippen LogP) is 2.02. The van der Waals surface area contributed by atoms with Crippen LogP contribution in [-0.2, 0) is 9.59 Å². The van der Waals surface area contributed by atoms with Crippen molar-refractivity contribution in [3.63, 3.8) is 0 Å². The molecule has 0 heterocycles. The number of thioether (sulfide) groups is 1. The minimum Gasteiger partial charge on any atom is -0.481 e. The fraction of sp³-hybridized carbons (Fsp3) is 0.273. The Morgan fingerprint density at radius 1 is 1.29 bits per heavy atom. The molecule has 0 aliphatic carbocycles. The zero-order chi connectivity index (χ0) is 12.7. The summed E-state index contributed by atoms with van der Waals surface area (Å²) in [4.78, 5) is 22.5. The van der Waals surface area contributed by atoms with Crippen molar-refractivity contribution in [3.8, 4) is 0 Å². The fourth-order valence-corrected chi connectivity index (χ4v) is 1.89. The Labute approximate surface area is 108 Å². The Hall–Kier alpha value is -1.20. The molecule has 1 rings (SSSR count). The molecule has 0 saturated carbocycles. The van der Waals surface area contributed by atoms with Crippen molar-refractivity contribution < 1.29 is 14.7 Å². The van der Waals surface area contributed by atoms with Gasteiger partial charge in [-0.2, -0.15) is 0 Å². The monoisotopic (exact) mass is 273 g/mol. The number of carboxylic acids is 1. The predicted molar refractivity (Wildman–Crippen MR) is 67.4 cm³/mol. The van der Waals surface area contributed by atoms with E-state index in [2.05, 4.69) is 5.32 Å². The van der Waals surface area contributed by atoms with Gasteiger partial charge in [-0.15, -0.1) is 11.8 Å². The molecule has 92 valence electrons. The minimum atomic E-state index is -0.921. The largest absolute Gasteiger partial charge is 0.481 e. The summed E-state index contributed by atoms with van der Waals surface area (Å²) in [5, 5.41) is 11.6. The summed E-state index contributed by atoms with van der Waals surface area (Å²) in [6, 6.07) is 7.17. The van der Waals surface area contributed by atoms with E-state index in [0.29, 0.717) is 5.02 Å². The smallest absolute Gasteiger partial charge is 0.305 e. The van der Waals surface area contributed by atoms with Crippen molar-refractivity contribution in [3.05, 3.63) is 29.3 Å². The molecule has 0 radical (unpaired) electrons. The van der Waals surface area contributed by atoms with E-state index in [9.17, 15) is 9.59 Å². The van der Waals surface area contributed by atoms with Gasteiger partial charge in [-0.3, -0.25) is 9.59 Å². The number of carbonyl (C=O) groups is 2. The minimum absolute atomic E-state index is 0.0582. The number of benzene rings is 1. The number of aliphatic carboxylic acids is 1. The van der Waals surface area contributed by atoms with Gasteiger partial charge >= 0.3 is 5.97 Å². The lowest BCUT2D eigenvalue weighted by atomic mass is 10.4. The van der Waals surface area contributed by atoms with Gasteiger partial charge in [0.05, 0.1) is 12.2 Å². The summed E-state index contributed by atoms with van der Waals surface area (Å²) in [5.74, 6) is -0.830. The van der Waals surface area contributed by atoms with Crippen LogP contribution in [0, 0.1) is 0 Å². The molecule has 1 aromatic rings. The molecular formula is C11H12ClNO3S. The Balaban J connectivity index is 2.23. The van der Waals surface area contributed by atoms with E-state index in [4.69, 9.17) is 16.7 Å². The van der Waals surface area contributed by atoms with Crippen molar-refractivity contribution >= 4 is 35.2 Å². The SMILES string of the molecule is O=C(O)CCNC(=O)CSc1ccc(Cl)cc1. The van der Waals surface area contributed by atoms with E-state index < -0.39 is 5.97 Å². The van der Waals surface area contributed by atoms with Crippen LogP contribution in [0.5, 0.6) is 0 Å². The van der Waals surface area contributed by atoms with Crippen LogP contribution in [0.2, 0.25) is 5.02 Å². The van der Waals surface area contributed by atoms with Crippen LogP contribution in [-0.4, -0.2) is 29.3 Å². The average Bonchev–Trinajstić information content (AvgIpc) is 2.28.